The molecule has 1 aromatic carbocycles. The molecule has 0 saturated carbocycles. The normalized spacial score (nSPS) is 20.1. The SMILES string of the molecule is CC(C)N1CCN(C(=O)c2ccc3c(ccn3CC3CCN(C(=O)OC(C)(C)C)C3)c2)CC1. The zero-order chi connectivity index (χ0) is 23.8. The number of fused-ring (bicyclic) bond motifs is 1. The van der Waals surface area contributed by atoms with Gasteiger partial charge in [0, 0.05) is 74.5 Å². The number of benzene rings is 1. The molecular weight excluding hydrogens is 416 g/mol. The molecule has 0 spiro atoms. The van der Waals surface area contributed by atoms with Crippen LogP contribution in [-0.2, 0) is 11.3 Å². The van der Waals surface area contributed by atoms with Gasteiger partial charge in [0.15, 0.2) is 0 Å². The molecule has 0 radical (unpaired) electrons. The van der Waals surface area contributed by atoms with Crippen LogP contribution in [0.5, 0.6) is 0 Å². The van der Waals surface area contributed by atoms with E-state index < -0.39 is 5.60 Å². The van der Waals surface area contributed by atoms with E-state index in [1.165, 1.54) is 0 Å². The first-order chi connectivity index (χ1) is 15.6. The summed E-state index contributed by atoms with van der Waals surface area (Å²) in [5, 5.41) is 1.09. The molecule has 2 amide bonds. The van der Waals surface area contributed by atoms with Crippen molar-refractivity contribution in [3.63, 3.8) is 0 Å². The number of piperazine rings is 1. The average molecular weight is 455 g/mol. The Labute approximate surface area is 197 Å². The number of hydrogen-bond acceptors (Lipinski definition) is 4. The van der Waals surface area contributed by atoms with Crippen molar-refractivity contribution >= 4 is 22.9 Å². The lowest BCUT2D eigenvalue weighted by atomic mass is 10.1. The van der Waals surface area contributed by atoms with Crippen LogP contribution in [-0.4, -0.2) is 82.2 Å². The van der Waals surface area contributed by atoms with Crippen molar-refractivity contribution in [1.29, 1.82) is 0 Å². The van der Waals surface area contributed by atoms with Crippen LogP contribution in [0.4, 0.5) is 4.79 Å². The van der Waals surface area contributed by atoms with Crippen molar-refractivity contribution < 1.29 is 14.3 Å². The van der Waals surface area contributed by atoms with Gasteiger partial charge in [-0.2, -0.15) is 0 Å². The monoisotopic (exact) mass is 454 g/mol. The van der Waals surface area contributed by atoms with Gasteiger partial charge in [-0.3, -0.25) is 9.69 Å². The topological polar surface area (TPSA) is 58.0 Å². The predicted molar refractivity (Wildman–Crippen MR) is 130 cm³/mol. The number of carbonyl (C=O) groups is 2. The molecule has 7 nitrogen and oxygen atoms in total. The Balaban J connectivity index is 1.38. The van der Waals surface area contributed by atoms with Gasteiger partial charge in [0.1, 0.15) is 5.60 Å². The van der Waals surface area contributed by atoms with Crippen LogP contribution in [0.25, 0.3) is 10.9 Å². The molecule has 7 heteroatoms. The van der Waals surface area contributed by atoms with Crippen molar-refractivity contribution in [2.75, 3.05) is 39.3 Å². The minimum atomic E-state index is -0.469. The van der Waals surface area contributed by atoms with Crippen LogP contribution in [0, 0.1) is 5.92 Å². The molecule has 2 saturated heterocycles. The minimum absolute atomic E-state index is 0.122. The number of nitrogens with zero attached hydrogens (tertiary/aromatic N) is 4. The standard InChI is InChI=1S/C26H38N4O3/c1-19(2)27-12-14-28(15-13-27)24(31)22-6-7-23-21(16-22)9-11-29(23)17-20-8-10-30(18-20)25(32)33-26(3,4)5/h6-7,9,11,16,19-20H,8,10,12-15,17-18H2,1-5H3. The van der Waals surface area contributed by atoms with Crippen molar-refractivity contribution in [3.05, 3.63) is 36.0 Å². The van der Waals surface area contributed by atoms with E-state index in [0.717, 1.165) is 62.2 Å². The molecule has 1 aromatic heterocycles. The Morgan fingerprint density at radius 3 is 2.42 bits per heavy atom. The van der Waals surface area contributed by atoms with E-state index in [0.29, 0.717) is 18.5 Å². The number of amides is 2. The number of ether oxygens (including phenoxy) is 1. The number of hydrogen-bond donors (Lipinski definition) is 0. The molecule has 1 unspecified atom stereocenters. The van der Waals surface area contributed by atoms with E-state index in [2.05, 4.69) is 41.6 Å². The number of carbonyl (C=O) groups excluding carboxylic acids is 2. The molecule has 2 aromatic rings. The van der Waals surface area contributed by atoms with Crippen molar-refractivity contribution in [1.82, 2.24) is 19.3 Å². The molecule has 0 N–H and O–H groups in total. The summed E-state index contributed by atoms with van der Waals surface area (Å²) in [6.45, 7) is 15.8. The van der Waals surface area contributed by atoms with E-state index in [4.69, 9.17) is 4.74 Å². The summed E-state index contributed by atoms with van der Waals surface area (Å²) in [5.74, 6) is 0.517. The predicted octanol–water partition coefficient (Wildman–Crippen LogP) is 4.06. The fourth-order valence-corrected chi connectivity index (χ4v) is 4.87. The first kappa shape index (κ1) is 23.6. The molecule has 180 valence electrons. The summed E-state index contributed by atoms with van der Waals surface area (Å²) in [4.78, 5) is 31.6. The Bertz CT molecular complexity index is 999. The lowest BCUT2D eigenvalue weighted by Crippen LogP contribution is -2.50. The minimum Gasteiger partial charge on any atom is -0.444 e. The largest absolute Gasteiger partial charge is 0.444 e. The molecular formula is C26H38N4O3. The molecule has 33 heavy (non-hydrogen) atoms. The second-order valence-corrected chi connectivity index (χ2v) is 10.7. The van der Waals surface area contributed by atoms with Crippen molar-refractivity contribution in [3.8, 4) is 0 Å². The molecule has 4 rings (SSSR count). The van der Waals surface area contributed by atoms with Gasteiger partial charge < -0.3 is 19.1 Å². The lowest BCUT2D eigenvalue weighted by molar-refractivity contribution is 0.0287. The maximum atomic E-state index is 13.1. The van der Waals surface area contributed by atoms with Gasteiger partial charge in [-0.1, -0.05) is 0 Å². The van der Waals surface area contributed by atoms with E-state index in [-0.39, 0.29) is 12.0 Å². The van der Waals surface area contributed by atoms with Gasteiger partial charge in [0.05, 0.1) is 0 Å². The summed E-state index contributed by atoms with van der Waals surface area (Å²) in [5.41, 5.74) is 1.42. The highest BCUT2D eigenvalue weighted by Crippen LogP contribution is 2.25. The molecule has 0 aliphatic carbocycles. The summed E-state index contributed by atoms with van der Waals surface area (Å²) in [6, 6.07) is 8.65. The third kappa shape index (κ3) is 5.52. The first-order valence-electron chi connectivity index (χ1n) is 12.2. The highest BCUT2D eigenvalue weighted by atomic mass is 16.6. The Kier molecular flexibility index (Phi) is 6.71. The van der Waals surface area contributed by atoms with Crippen LogP contribution in [0.15, 0.2) is 30.5 Å². The van der Waals surface area contributed by atoms with Crippen molar-refractivity contribution in [2.45, 2.75) is 59.2 Å². The second-order valence-electron chi connectivity index (χ2n) is 10.7. The van der Waals surface area contributed by atoms with Gasteiger partial charge >= 0.3 is 6.09 Å². The van der Waals surface area contributed by atoms with Crippen LogP contribution in [0.1, 0.15) is 51.4 Å². The maximum absolute atomic E-state index is 13.1. The summed E-state index contributed by atoms with van der Waals surface area (Å²) < 4.78 is 7.76. The van der Waals surface area contributed by atoms with E-state index in [9.17, 15) is 9.59 Å². The Hall–Kier alpha value is -2.54. The molecule has 3 heterocycles. The molecule has 1 atom stereocenters. The summed E-state index contributed by atoms with van der Waals surface area (Å²) >= 11 is 0. The highest BCUT2D eigenvalue weighted by Gasteiger charge is 2.30. The second kappa shape index (κ2) is 9.37. The Morgan fingerprint density at radius 2 is 1.76 bits per heavy atom. The van der Waals surface area contributed by atoms with Crippen molar-refractivity contribution in [2.24, 2.45) is 5.92 Å². The van der Waals surface area contributed by atoms with E-state index >= 15 is 0 Å². The molecule has 2 aliphatic rings. The lowest BCUT2D eigenvalue weighted by Gasteiger charge is -2.37. The van der Waals surface area contributed by atoms with Gasteiger partial charge in [-0.25, -0.2) is 4.79 Å². The maximum Gasteiger partial charge on any atom is 0.410 e. The number of rotatable bonds is 4. The summed E-state index contributed by atoms with van der Waals surface area (Å²) in [6.07, 6.45) is 2.84. The molecule has 2 fully saturated rings. The van der Waals surface area contributed by atoms with Gasteiger partial charge in [-0.05, 0) is 71.2 Å². The van der Waals surface area contributed by atoms with Crippen LogP contribution >= 0.6 is 0 Å². The summed E-state index contributed by atoms with van der Waals surface area (Å²) in [7, 11) is 0. The smallest absolute Gasteiger partial charge is 0.410 e. The molecule has 2 aliphatic heterocycles. The fraction of sp³-hybridized carbons (Fsp3) is 0.615. The van der Waals surface area contributed by atoms with E-state index in [1.807, 2.05) is 42.7 Å². The first-order valence-corrected chi connectivity index (χ1v) is 12.2. The van der Waals surface area contributed by atoms with Gasteiger partial charge in [0.25, 0.3) is 5.91 Å². The number of aromatic nitrogens is 1. The molecule has 0 bridgehead atoms. The van der Waals surface area contributed by atoms with Gasteiger partial charge in [-0.15, -0.1) is 0 Å². The fourth-order valence-electron chi connectivity index (χ4n) is 4.87. The van der Waals surface area contributed by atoms with Gasteiger partial charge in [0.2, 0.25) is 0 Å². The van der Waals surface area contributed by atoms with Crippen LogP contribution in [0.3, 0.4) is 0 Å². The quantitative estimate of drug-likeness (QED) is 0.699. The average Bonchev–Trinajstić information content (AvgIpc) is 3.39. The Morgan fingerprint density at radius 1 is 1.03 bits per heavy atom. The third-order valence-corrected chi connectivity index (χ3v) is 6.74. The third-order valence-electron chi connectivity index (χ3n) is 6.74. The zero-order valence-electron chi connectivity index (χ0n) is 20.7. The van der Waals surface area contributed by atoms with E-state index in [1.54, 1.807) is 0 Å². The zero-order valence-corrected chi connectivity index (χ0v) is 20.7. The number of likely N-dealkylation sites (tertiary alicyclic amines) is 1. The van der Waals surface area contributed by atoms with Crippen LogP contribution in [0.2, 0.25) is 0 Å². The van der Waals surface area contributed by atoms with Crippen LogP contribution < -0.4 is 0 Å². The highest BCUT2D eigenvalue weighted by molar-refractivity contribution is 5.98.